The van der Waals surface area contributed by atoms with Gasteiger partial charge < -0.3 is 10.6 Å². The number of amides is 1. The Hall–Kier alpha value is -2.18. The van der Waals surface area contributed by atoms with E-state index in [2.05, 4.69) is 10.1 Å². The van der Waals surface area contributed by atoms with Crippen molar-refractivity contribution in [1.82, 2.24) is 14.8 Å². The summed E-state index contributed by atoms with van der Waals surface area (Å²) >= 11 is 0. The van der Waals surface area contributed by atoms with Crippen molar-refractivity contribution in [3.63, 3.8) is 0 Å². The lowest BCUT2D eigenvalue weighted by Gasteiger charge is -2.24. The summed E-state index contributed by atoms with van der Waals surface area (Å²) in [6.07, 6.45) is 2.39. The summed E-state index contributed by atoms with van der Waals surface area (Å²) in [5.41, 5.74) is 6.80. The Labute approximate surface area is 109 Å². The van der Waals surface area contributed by atoms with Crippen molar-refractivity contribution in [3.8, 4) is 0 Å². The third-order valence-corrected chi connectivity index (χ3v) is 3.50. The van der Waals surface area contributed by atoms with E-state index in [0.29, 0.717) is 5.65 Å². The van der Waals surface area contributed by atoms with Crippen LogP contribution < -0.4 is 10.6 Å². The first-order chi connectivity index (χ1) is 9.08. The number of hydrogen-bond donors (Lipinski definition) is 1. The van der Waals surface area contributed by atoms with Gasteiger partial charge in [-0.2, -0.15) is 5.10 Å². The van der Waals surface area contributed by atoms with Gasteiger partial charge in [0.25, 0.3) is 0 Å². The largest absolute Gasteiger partial charge is 0.368 e. The lowest BCUT2D eigenvalue weighted by Crippen LogP contribution is -2.40. The number of carbonyl (C=O) groups excluding carboxylic acids is 1. The molecule has 1 saturated heterocycles. The van der Waals surface area contributed by atoms with Crippen LogP contribution in [-0.2, 0) is 11.8 Å². The normalized spacial score (nSPS) is 23.2. The zero-order chi connectivity index (χ0) is 13.6. The van der Waals surface area contributed by atoms with Crippen molar-refractivity contribution in [3.05, 3.63) is 18.5 Å². The fraction of sp³-hybridized carbons (Fsp3) is 0.417. The van der Waals surface area contributed by atoms with Crippen LogP contribution in [0.4, 0.5) is 10.1 Å². The minimum Gasteiger partial charge on any atom is -0.368 e. The fourth-order valence-electron chi connectivity index (χ4n) is 2.60. The molecule has 1 aliphatic rings. The molecule has 2 aromatic rings. The summed E-state index contributed by atoms with van der Waals surface area (Å²) in [4.78, 5) is 17.4. The molecule has 6 nitrogen and oxygen atoms in total. The molecule has 100 valence electrons. The summed E-state index contributed by atoms with van der Waals surface area (Å²) in [6.45, 7) is 0.168. The Morgan fingerprint density at radius 1 is 1.58 bits per heavy atom. The van der Waals surface area contributed by atoms with E-state index < -0.39 is 18.1 Å². The highest BCUT2D eigenvalue weighted by atomic mass is 19.1. The molecule has 7 heteroatoms. The third kappa shape index (κ3) is 1.81. The van der Waals surface area contributed by atoms with Crippen LogP contribution >= 0.6 is 0 Å². The number of nitrogens with zero attached hydrogens (tertiary/aromatic N) is 4. The van der Waals surface area contributed by atoms with Gasteiger partial charge in [-0.15, -0.1) is 0 Å². The maximum Gasteiger partial charge on any atom is 0.240 e. The van der Waals surface area contributed by atoms with Crippen molar-refractivity contribution in [2.75, 3.05) is 11.4 Å². The predicted octanol–water partition coefficient (Wildman–Crippen LogP) is 0.370. The number of rotatable bonds is 2. The first-order valence-electron chi connectivity index (χ1n) is 6.04. The second kappa shape index (κ2) is 4.18. The number of anilines is 1. The summed E-state index contributed by atoms with van der Waals surface area (Å²) in [6, 6.07) is 1.15. The van der Waals surface area contributed by atoms with Crippen molar-refractivity contribution in [2.24, 2.45) is 12.8 Å². The maximum atomic E-state index is 13.6. The number of aryl methyl sites for hydroxylation is 1. The van der Waals surface area contributed by atoms with E-state index >= 15 is 0 Å². The quantitative estimate of drug-likeness (QED) is 0.849. The number of nitrogens with two attached hydrogens (primary N) is 1. The molecule has 0 saturated carbocycles. The molecular weight excluding hydrogens is 249 g/mol. The van der Waals surface area contributed by atoms with Crippen LogP contribution in [0, 0.1) is 0 Å². The summed E-state index contributed by atoms with van der Waals surface area (Å²) in [5.74, 6) is -0.506. The minimum atomic E-state index is -1.04. The number of carbonyl (C=O) groups is 1. The van der Waals surface area contributed by atoms with Crippen LogP contribution in [0.15, 0.2) is 18.5 Å². The molecule has 0 aromatic carbocycles. The van der Waals surface area contributed by atoms with Gasteiger partial charge in [-0.05, 0) is 6.07 Å². The lowest BCUT2D eigenvalue weighted by atomic mass is 10.2. The standard InChI is InChI=1S/C12H14FN5O/c1-17-12-8(5-16-17)9(2-3-15-12)18-6-7(13)4-10(18)11(14)19/h2-3,5,7,10H,4,6H2,1H3,(H2,14,19)/t7-,10+/m1/s1. The lowest BCUT2D eigenvalue weighted by molar-refractivity contribution is -0.119. The maximum absolute atomic E-state index is 13.6. The van der Waals surface area contributed by atoms with E-state index in [0.717, 1.165) is 11.1 Å². The van der Waals surface area contributed by atoms with Crippen LogP contribution in [0.25, 0.3) is 11.0 Å². The molecule has 0 aliphatic carbocycles. The van der Waals surface area contributed by atoms with Crippen LogP contribution in [0.1, 0.15) is 6.42 Å². The average Bonchev–Trinajstić information content (AvgIpc) is 2.93. The molecular formula is C12H14FN5O. The number of primary amides is 1. The van der Waals surface area contributed by atoms with Gasteiger partial charge in [0.1, 0.15) is 12.2 Å². The topological polar surface area (TPSA) is 77.0 Å². The molecule has 1 aliphatic heterocycles. The van der Waals surface area contributed by atoms with Gasteiger partial charge in [0.15, 0.2) is 5.65 Å². The van der Waals surface area contributed by atoms with Crippen LogP contribution in [0.2, 0.25) is 0 Å². The van der Waals surface area contributed by atoms with Gasteiger partial charge in [-0.25, -0.2) is 9.37 Å². The second-order valence-corrected chi connectivity index (χ2v) is 4.74. The number of halogens is 1. The van der Waals surface area contributed by atoms with Crippen molar-refractivity contribution in [2.45, 2.75) is 18.6 Å². The van der Waals surface area contributed by atoms with Crippen LogP contribution in [-0.4, -0.2) is 39.4 Å². The van der Waals surface area contributed by atoms with Gasteiger partial charge in [0, 0.05) is 19.7 Å². The highest BCUT2D eigenvalue weighted by Crippen LogP contribution is 2.32. The molecule has 3 heterocycles. The Kier molecular flexibility index (Phi) is 2.62. The number of fused-ring (bicyclic) bond motifs is 1. The summed E-state index contributed by atoms with van der Waals surface area (Å²) < 4.78 is 15.2. The van der Waals surface area contributed by atoms with E-state index in [1.165, 1.54) is 0 Å². The molecule has 19 heavy (non-hydrogen) atoms. The van der Waals surface area contributed by atoms with E-state index in [9.17, 15) is 9.18 Å². The first-order valence-corrected chi connectivity index (χ1v) is 6.04. The van der Waals surface area contributed by atoms with Gasteiger partial charge >= 0.3 is 0 Å². The molecule has 0 spiro atoms. The molecule has 1 amide bonds. The molecule has 1 fully saturated rings. The first kappa shape index (κ1) is 11.9. The number of pyridine rings is 1. The van der Waals surface area contributed by atoms with E-state index in [-0.39, 0.29) is 13.0 Å². The minimum absolute atomic E-state index is 0.138. The Bertz CT molecular complexity index is 640. The Morgan fingerprint density at radius 3 is 3.11 bits per heavy atom. The third-order valence-electron chi connectivity index (χ3n) is 3.50. The SMILES string of the molecule is Cn1ncc2c(N3C[C@H](F)C[C@H]3C(N)=O)ccnc21. The van der Waals surface area contributed by atoms with Crippen molar-refractivity contribution < 1.29 is 9.18 Å². The Morgan fingerprint density at radius 2 is 2.37 bits per heavy atom. The second-order valence-electron chi connectivity index (χ2n) is 4.74. The predicted molar refractivity (Wildman–Crippen MR) is 68.4 cm³/mol. The fourth-order valence-corrected chi connectivity index (χ4v) is 2.60. The van der Waals surface area contributed by atoms with Gasteiger partial charge in [0.05, 0.1) is 23.8 Å². The summed E-state index contributed by atoms with van der Waals surface area (Å²) in [7, 11) is 1.78. The van der Waals surface area contributed by atoms with E-state index in [1.807, 2.05) is 0 Å². The highest BCUT2D eigenvalue weighted by molar-refractivity contribution is 5.93. The molecule has 3 rings (SSSR count). The number of hydrogen-bond acceptors (Lipinski definition) is 4. The Balaban J connectivity index is 2.11. The van der Waals surface area contributed by atoms with Gasteiger partial charge in [-0.3, -0.25) is 9.48 Å². The summed E-state index contributed by atoms with van der Waals surface area (Å²) in [5, 5.41) is 4.93. The van der Waals surface area contributed by atoms with Crippen molar-refractivity contribution in [1.29, 1.82) is 0 Å². The molecule has 0 unspecified atom stereocenters. The molecule has 2 N–H and O–H groups in total. The smallest absolute Gasteiger partial charge is 0.240 e. The number of alkyl halides is 1. The van der Waals surface area contributed by atoms with Crippen molar-refractivity contribution >= 4 is 22.6 Å². The van der Waals surface area contributed by atoms with Crippen LogP contribution in [0.3, 0.4) is 0 Å². The highest BCUT2D eigenvalue weighted by Gasteiger charge is 2.36. The number of aromatic nitrogens is 3. The average molecular weight is 263 g/mol. The molecule has 0 bridgehead atoms. The molecule has 2 atom stereocenters. The molecule has 2 aromatic heterocycles. The van der Waals surface area contributed by atoms with Crippen LogP contribution in [0.5, 0.6) is 0 Å². The zero-order valence-corrected chi connectivity index (χ0v) is 10.5. The van der Waals surface area contributed by atoms with Gasteiger partial charge in [-0.1, -0.05) is 0 Å². The zero-order valence-electron chi connectivity index (χ0n) is 10.5. The van der Waals surface area contributed by atoms with Gasteiger partial charge in [0.2, 0.25) is 5.91 Å². The van der Waals surface area contributed by atoms with E-state index in [4.69, 9.17) is 5.73 Å². The van der Waals surface area contributed by atoms with E-state index in [1.54, 1.807) is 35.1 Å². The molecule has 0 radical (unpaired) electrons. The monoisotopic (exact) mass is 263 g/mol.